The van der Waals surface area contributed by atoms with Gasteiger partial charge in [-0.15, -0.1) is 0 Å². The maximum Gasteiger partial charge on any atom is 0.227 e. The fraction of sp³-hybridized carbons (Fsp3) is 0.500. The Bertz CT molecular complexity index is 915. The number of hydrogen-bond donors (Lipinski definition) is 4. The SMILES string of the molecule is Cc1nc(C(C)(C)NC(=O)[C@H]2[C@]3(N)CNC[C@]23N)c2cccc(F)c2n1. The highest BCUT2D eigenvalue weighted by Crippen LogP contribution is 2.53. The van der Waals surface area contributed by atoms with Gasteiger partial charge in [-0.25, -0.2) is 14.4 Å². The first-order valence-corrected chi connectivity index (χ1v) is 8.64. The van der Waals surface area contributed by atoms with Crippen LogP contribution in [-0.4, -0.2) is 40.0 Å². The van der Waals surface area contributed by atoms with Gasteiger partial charge in [0.2, 0.25) is 5.91 Å². The fourth-order valence-corrected chi connectivity index (χ4v) is 4.27. The van der Waals surface area contributed by atoms with Crippen LogP contribution in [0.15, 0.2) is 18.2 Å². The fourth-order valence-electron chi connectivity index (χ4n) is 4.27. The Morgan fingerprint density at radius 1 is 1.31 bits per heavy atom. The lowest BCUT2D eigenvalue weighted by Gasteiger charge is -2.28. The number of nitrogens with one attached hydrogen (secondary N) is 2. The summed E-state index contributed by atoms with van der Waals surface area (Å²) >= 11 is 0. The van der Waals surface area contributed by atoms with Crippen LogP contribution in [0.25, 0.3) is 10.9 Å². The third-order valence-corrected chi connectivity index (χ3v) is 5.73. The smallest absolute Gasteiger partial charge is 0.227 e. The van der Waals surface area contributed by atoms with Crippen LogP contribution in [0.2, 0.25) is 0 Å². The number of aromatic nitrogens is 2. The van der Waals surface area contributed by atoms with Crippen LogP contribution in [0.4, 0.5) is 4.39 Å². The summed E-state index contributed by atoms with van der Waals surface area (Å²) in [4.78, 5) is 21.6. The average molecular weight is 358 g/mol. The molecule has 6 N–H and O–H groups in total. The van der Waals surface area contributed by atoms with Crippen LogP contribution in [0, 0.1) is 18.7 Å². The van der Waals surface area contributed by atoms with E-state index in [0.29, 0.717) is 30.0 Å². The monoisotopic (exact) mass is 358 g/mol. The summed E-state index contributed by atoms with van der Waals surface area (Å²) in [5.74, 6) is -0.636. The van der Waals surface area contributed by atoms with Gasteiger partial charge in [-0.2, -0.15) is 0 Å². The van der Waals surface area contributed by atoms with E-state index in [1.807, 2.05) is 13.8 Å². The molecule has 2 heterocycles. The van der Waals surface area contributed by atoms with Gasteiger partial charge in [-0.05, 0) is 26.8 Å². The molecule has 138 valence electrons. The molecule has 1 aliphatic heterocycles. The average Bonchev–Trinajstić information content (AvgIpc) is 2.85. The first kappa shape index (κ1) is 17.3. The van der Waals surface area contributed by atoms with Crippen molar-refractivity contribution in [1.29, 1.82) is 0 Å². The number of para-hydroxylation sites is 1. The summed E-state index contributed by atoms with van der Waals surface area (Å²) < 4.78 is 14.2. The highest BCUT2D eigenvalue weighted by Gasteiger charge is 2.78. The Kier molecular flexibility index (Phi) is 3.44. The quantitative estimate of drug-likeness (QED) is 0.616. The van der Waals surface area contributed by atoms with E-state index < -0.39 is 28.4 Å². The van der Waals surface area contributed by atoms with E-state index >= 15 is 0 Å². The number of nitrogens with zero attached hydrogens (tertiary/aromatic N) is 2. The third-order valence-electron chi connectivity index (χ3n) is 5.73. The number of nitrogens with two attached hydrogens (primary N) is 2. The third kappa shape index (κ3) is 2.19. The number of fused-ring (bicyclic) bond motifs is 2. The van der Waals surface area contributed by atoms with Crippen LogP contribution in [0.1, 0.15) is 25.4 Å². The number of amides is 1. The lowest BCUT2D eigenvalue weighted by molar-refractivity contribution is -0.124. The van der Waals surface area contributed by atoms with E-state index in [2.05, 4.69) is 20.6 Å². The van der Waals surface area contributed by atoms with Crippen molar-refractivity contribution in [2.75, 3.05) is 13.1 Å². The molecule has 2 aliphatic rings. The van der Waals surface area contributed by atoms with Gasteiger partial charge in [0, 0.05) is 18.5 Å². The van der Waals surface area contributed by atoms with Crippen LogP contribution in [-0.2, 0) is 10.3 Å². The maximum absolute atomic E-state index is 14.2. The standard InChI is InChI=1S/C18H23FN6O/c1-9-23-12-10(5-4-6-11(12)19)14(24-9)16(2,3)25-15(26)13-17(20)7-22-8-18(13,17)21/h4-6,13,22H,7-8,20-21H2,1-3H3,(H,25,26)/t13-,17+,18-. The van der Waals surface area contributed by atoms with E-state index in [0.717, 1.165) is 0 Å². The van der Waals surface area contributed by atoms with Crippen molar-refractivity contribution in [3.05, 3.63) is 35.5 Å². The molecule has 0 unspecified atom stereocenters. The van der Waals surface area contributed by atoms with Gasteiger partial charge in [0.15, 0.2) is 0 Å². The highest BCUT2D eigenvalue weighted by atomic mass is 19.1. The number of hydrogen-bond acceptors (Lipinski definition) is 6. The molecule has 1 aliphatic carbocycles. The Hall–Kier alpha value is -2.16. The molecule has 0 radical (unpaired) electrons. The van der Waals surface area contributed by atoms with Gasteiger partial charge in [0.05, 0.1) is 28.2 Å². The van der Waals surface area contributed by atoms with Gasteiger partial charge in [-0.3, -0.25) is 4.79 Å². The molecule has 8 heteroatoms. The topological polar surface area (TPSA) is 119 Å². The first-order valence-electron chi connectivity index (χ1n) is 8.64. The number of benzene rings is 1. The number of piperidine rings is 1. The molecule has 3 atom stereocenters. The van der Waals surface area contributed by atoms with Crippen LogP contribution in [0.5, 0.6) is 0 Å². The molecule has 1 saturated carbocycles. The van der Waals surface area contributed by atoms with Gasteiger partial charge < -0.3 is 22.1 Å². The van der Waals surface area contributed by atoms with E-state index in [1.54, 1.807) is 19.1 Å². The molecule has 2 fully saturated rings. The summed E-state index contributed by atoms with van der Waals surface area (Å²) in [5.41, 5.74) is 11.1. The Morgan fingerprint density at radius 2 is 1.96 bits per heavy atom. The zero-order valence-corrected chi connectivity index (χ0v) is 15.1. The molecule has 7 nitrogen and oxygen atoms in total. The first-order chi connectivity index (χ1) is 12.1. The molecular weight excluding hydrogens is 335 g/mol. The molecule has 1 aromatic heterocycles. The van der Waals surface area contributed by atoms with Crippen molar-refractivity contribution in [3.63, 3.8) is 0 Å². The summed E-state index contributed by atoms with van der Waals surface area (Å²) in [6.07, 6.45) is 0. The van der Waals surface area contributed by atoms with E-state index in [-0.39, 0.29) is 11.4 Å². The number of carbonyl (C=O) groups is 1. The van der Waals surface area contributed by atoms with Crippen molar-refractivity contribution in [1.82, 2.24) is 20.6 Å². The molecule has 1 amide bonds. The van der Waals surface area contributed by atoms with Crippen molar-refractivity contribution < 1.29 is 9.18 Å². The Labute approximate surface area is 150 Å². The van der Waals surface area contributed by atoms with Gasteiger partial charge in [0.1, 0.15) is 17.2 Å². The normalized spacial score (nSPS) is 30.3. The zero-order valence-electron chi connectivity index (χ0n) is 15.1. The molecule has 0 spiro atoms. The maximum atomic E-state index is 14.2. The largest absolute Gasteiger partial charge is 0.345 e. The molecule has 1 aromatic carbocycles. The van der Waals surface area contributed by atoms with Crippen LogP contribution < -0.4 is 22.1 Å². The number of aryl methyl sites for hydroxylation is 1. The molecular formula is C18H23FN6O. The predicted octanol–water partition coefficient (Wildman–Crippen LogP) is 0.0566. The van der Waals surface area contributed by atoms with Crippen LogP contribution in [0.3, 0.4) is 0 Å². The molecule has 26 heavy (non-hydrogen) atoms. The van der Waals surface area contributed by atoms with Gasteiger partial charge in [0.25, 0.3) is 0 Å². The minimum absolute atomic E-state index is 0.206. The summed E-state index contributed by atoms with van der Waals surface area (Å²) in [6.45, 7) is 6.40. The van der Waals surface area contributed by atoms with Crippen LogP contribution >= 0.6 is 0 Å². The van der Waals surface area contributed by atoms with E-state index in [1.165, 1.54) is 6.07 Å². The molecule has 2 aromatic rings. The molecule has 1 saturated heterocycles. The minimum atomic E-state index is -0.839. The summed E-state index contributed by atoms with van der Waals surface area (Å²) in [6, 6.07) is 4.73. The second kappa shape index (κ2) is 5.18. The van der Waals surface area contributed by atoms with Crippen molar-refractivity contribution in [2.45, 2.75) is 37.4 Å². The van der Waals surface area contributed by atoms with Gasteiger partial charge >= 0.3 is 0 Å². The van der Waals surface area contributed by atoms with Crippen molar-refractivity contribution >= 4 is 16.8 Å². The summed E-state index contributed by atoms with van der Waals surface area (Å²) in [5, 5.41) is 6.71. The lowest BCUT2D eigenvalue weighted by Crippen LogP contribution is -2.47. The van der Waals surface area contributed by atoms with Crippen molar-refractivity contribution in [2.24, 2.45) is 17.4 Å². The Balaban J connectivity index is 1.69. The highest BCUT2D eigenvalue weighted by molar-refractivity contribution is 5.89. The van der Waals surface area contributed by atoms with E-state index in [4.69, 9.17) is 11.5 Å². The number of carbonyl (C=O) groups excluding carboxylic acids is 1. The second-order valence-corrected chi connectivity index (χ2v) is 7.99. The predicted molar refractivity (Wildman–Crippen MR) is 95.6 cm³/mol. The number of rotatable bonds is 3. The molecule has 0 bridgehead atoms. The van der Waals surface area contributed by atoms with Crippen molar-refractivity contribution in [3.8, 4) is 0 Å². The zero-order chi connectivity index (χ0) is 18.9. The minimum Gasteiger partial charge on any atom is -0.345 e. The Morgan fingerprint density at radius 3 is 2.62 bits per heavy atom. The van der Waals surface area contributed by atoms with E-state index in [9.17, 15) is 9.18 Å². The molecule has 4 rings (SSSR count). The lowest BCUT2D eigenvalue weighted by atomic mass is 9.95. The second-order valence-electron chi connectivity index (χ2n) is 7.99. The number of halogens is 1. The summed E-state index contributed by atoms with van der Waals surface area (Å²) in [7, 11) is 0. The van der Waals surface area contributed by atoms with Gasteiger partial charge in [-0.1, -0.05) is 12.1 Å².